The maximum absolute atomic E-state index is 12.6. The Balaban J connectivity index is 1.58. The molecule has 1 aromatic carbocycles. The van der Waals surface area contributed by atoms with Gasteiger partial charge in [-0.05, 0) is 12.8 Å². The summed E-state index contributed by atoms with van der Waals surface area (Å²) >= 11 is 0. The van der Waals surface area contributed by atoms with Crippen LogP contribution in [-0.2, 0) is 16.1 Å². The molecular formula is C20H24N4O3. The summed E-state index contributed by atoms with van der Waals surface area (Å²) in [4.78, 5) is 42.2. The van der Waals surface area contributed by atoms with Crippen LogP contribution in [0.5, 0.6) is 0 Å². The Bertz CT molecular complexity index is 816. The molecule has 142 valence electrons. The molecule has 0 radical (unpaired) electrons. The molecule has 1 fully saturated rings. The Labute approximate surface area is 158 Å². The molecule has 1 saturated heterocycles. The molecule has 1 aromatic heterocycles. The van der Waals surface area contributed by atoms with Crippen LogP contribution in [0.3, 0.4) is 0 Å². The second kappa shape index (κ2) is 8.62. The predicted molar refractivity (Wildman–Crippen MR) is 100.0 cm³/mol. The van der Waals surface area contributed by atoms with Gasteiger partial charge >= 0.3 is 0 Å². The number of carbonyl (C=O) groups is 3. The molecule has 0 aliphatic carbocycles. The largest absolute Gasteiger partial charge is 0.368 e. The molecular weight excluding hydrogens is 344 g/mol. The van der Waals surface area contributed by atoms with E-state index in [0.717, 1.165) is 18.7 Å². The molecule has 7 heteroatoms. The Kier molecular flexibility index (Phi) is 6.01. The van der Waals surface area contributed by atoms with Gasteiger partial charge in [-0.2, -0.15) is 0 Å². The zero-order valence-electron chi connectivity index (χ0n) is 15.2. The fraction of sp³-hybridized carbons (Fsp3) is 0.400. The zero-order chi connectivity index (χ0) is 19.2. The Morgan fingerprint density at radius 2 is 1.93 bits per heavy atom. The van der Waals surface area contributed by atoms with Crippen molar-refractivity contribution < 1.29 is 14.4 Å². The summed E-state index contributed by atoms with van der Waals surface area (Å²) in [5.41, 5.74) is 5.92. The number of imidazole rings is 1. The highest BCUT2D eigenvalue weighted by atomic mass is 16.2. The van der Waals surface area contributed by atoms with Crippen molar-refractivity contribution in [3.05, 3.63) is 54.1 Å². The molecule has 0 saturated carbocycles. The smallest absolute Gasteiger partial charge is 0.237 e. The third-order valence-electron chi connectivity index (χ3n) is 4.87. The standard InChI is InChI=1S/C20H24N4O3/c21-18(26)14-24-12-10-22-20(24)16-7-4-11-23(13-16)19(27)9-8-17(25)15-5-2-1-3-6-15/h1-3,5-6,10,12,16H,4,7-9,11,13-14H2,(H2,21,26). The van der Waals surface area contributed by atoms with Crippen molar-refractivity contribution in [2.45, 2.75) is 38.1 Å². The van der Waals surface area contributed by atoms with E-state index in [1.807, 2.05) is 18.2 Å². The van der Waals surface area contributed by atoms with Gasteiger partial charge in [0.2, 0.25) is 11.8 Å². The molecule has 0 spiro atoms. The van der Waals surface area contributed by atoms with Crippen molar-refractivity contribution in [2.75, 3.05) is 13.1 Å². The first-order chi connectivity index (χ1) is 13.0. The number of benzene rings is 1. The van der Waals surface area contributed by atoms with E-state index in [9.17, 15) is 14.4 Å². The number of piperidine rings is 1. The summed E-state index contributed by atoms with van der Waals surface area (Å²) in [5, 5.41) is 0. The first-order valence-electron chi connectivity index (χ1n) is 9.20. The molecule has 27 heavy (non-hydrogen) atoms. The molecule has 2 amide bonds. The van der Waals surface area contributed by atoms with Gasteiger partial charge in [0.1, 0.15) is 12.4 Å². The van der Waals surface area contributed by atoms with E-state index >= 15 is 0 Å². The van der Waals surface area contributed by atoms with Gasteiger partial charge in [0, 0.05) is 49.8 Å². The zero-order valence-corrected chi connectivity index (χ0v) is 15.2. The molecule has 1 unspecified atom stereocenters. The second-order valence-corrected chi connectivity index (χ2v) is 6.85. The van der Waals surface area contributed by atoms with Gasteiger partial charge in [-0.15, -0.1) is 0 Å². The van der Waals surface area contributed by atoms with Gasteiger partial charge in [0.05, 0.1) is 0 Å². The predicted octanol–water partition coefficient (Wildman–Crippen LogP) is 1.74. The number of rotatable bonds is 7. The van der Waals surface area contributed by atoms with E-state index in [2.05, 4.69) is 4.98 Å². The van der Waals surface area contributed by atoms with Crippen LogP contribution in [0.1, 0.15) is 47.8 Å². The van der Waals surface area contributed by atoms with E-state index in [1.165, 1.54) is 0 Å². The molecule has 2 aromatic rings. The molecule has 1 aliphatic heterocycles. The number of likely N-dealkylation sites (tertiary alicyclic amines) is 1. The van der Waals surface area contributed by atoms with E-state index in [4.69, 9.17) is 5.73 Å². The van der Waals surface area contributed by atoms with Crippen LogP contribution in [-0.4, -0.2) is 45.1 Å². The summed E-state index contributed by atoms with van der Waals surface area (Å²) < 4.78 is 1.75. The average Bonchev–Trinajstić information content (AvgIpc) is 3.14. The topological polar surface area (TPSA) is 98.3 Å². The van der Waals surface area contributed by atoms with Crippen molar-refractivity contribution >= 4 is 17.6 Å². The molecule has 3 rings (SSSR count). The fourth-order valence-corrected chi connectivity index (χ4v) is 3.54. The first kappa shape index (κ1) is 18.8. The summed E-state index contributed by atoms with van der Waals surface area (Å²) in [6.45, 7) is 1.32. The normalized spacial score (nSPS) is 16.9. The summed E-state index contributed by atoms with van der Waals surface area (Å²) in [5.74, 6) is 0.400. The van der Waals surface area contributed by atoms with Crippen LogP contribution >= 0.6 is 0 Å². The van der Waals surface area contributed by atoms with Gasteiger partial charge in [0.25, 0.3) is 0 Å². The minimum absolute atomic E-state index is 0.0167. The van der Waals surface area contributed by atoms with Crippen molar-refractivity contribution in [1.82, 2.24) is 14.5 Å². The number of nitrogens with zero attached hydrogens (tertiary/aromatic N) is 3. The minimum Gasteiger partial charge on any atom is -0.368 e. The van der Waals surface area contributed by atoms with E-state index in [1.54, 1.807) is 34.0 Å². The third kappa shape index (κ3) is 4.81. The molecule has 7 nitrogen and oxygen atoms in total. The van der Waals surface area contributed by atoms with Crippen LogP contribution in [0.4, 0.5) is 0 Å². The highest BCUT2D eigenvalue weighted by Gasteiger charge is 2.27. The monoisotopic (exact) mass is 368 g/mol. The highest BCUT2D eigenvalue weighted by Crippen LogP contribution is 2.26. The maximum Gasteiger partial charge on any atom is 0.237 e. The van der Waals surface area contributed by atoms with Crippen molar-refractivity contribution in [1.29, 1.82) is 0 Å². The van der Waals surface area contributed by atoms with Crippen molar-refractivity contribution in [3.63, 3.8) is 0 Å². The third-order valence-corrected chi connectivity index (χ3v) is 4.87. The van der Waals surface area contributed by atoms with Gasteiger partial charge in [-0.1, -0.05) is 30.3 Å². The summed E-state index contributed by atoms with van der Waals surface area (Å²) in [6.07, 6.45) is 5.57. The molecule has 2 heterocycles. The van der Waals surface area contributed by atoms with E-state index < -0.39 is 5.91 Å². The lowest BCUT2D eigenvalue weighted by Crippen LogP contribution is -2.40. The number of amides is 2. The summed E-state index contributed by atoms with van der Waals surface area (Å²) in [7, 11) is 0. The lowest BCUT2D eigenvalue weighted by molar-refractivity contribution is -0.132. The number of hydrogen-bond donors (Lipinski definition) is 1. The van der Waals surface area contributed by atoms with Crippen LogP contribution in [0.25, 0.3) is 0 Å². The number of nitrogens with two attached hydrogens (primary N) is 1. The number of primary amides is 1. The van der Waals surface area contributed by atoms with E-state index in [-0.39, 0.29) is 37.0 Å². The maximum atomic E-state index is 12.6. The Hall–Kier alpha value is -2.96. The number of ketones is 1. The first-order valence-corrected chi connectivity index (χ1v) is 9.20. The van der Waals surface area contributed by atoms with Crippen LogP contribution in [0.15, 0.2) is 42.7 Å². The number of hydrogen-bond acceptors (Lipinski definition) is 4. The Morgan fingerprint density at radius 3 is 2.67 bits per heavy atom. The van der Waals surface area contributed by atoms with Crippen LogP contribution in [0, 0.1) is 0 Å². The SMILES string of the molecule is NC(=O)Cn1ccnc1C1CCCN(C(=O)CCC(=O)c2ccccc2)C1. The quantitative estimate of drug-likeness (QED) is 0.753. The molecule has 1 aliphatic rings. The minimum atomic E-state index is -0.419. The molecule has 1 atom stereocenters. The van der Waals surface area contributed by atoms with Crippen LogP contribution < -0.4 is 5.73 Å². The number of carbonyl (C=O) groups excluding carboxylic acids is 3. The lowest BCUT2D eigenvalue weighted by atomic mass is 9.96. The second-order valence-electron chi connectivity index (χ2n) is 6.85. The van der Waals surface area contributed by atoms with Gasteiger partial charge in [-0.25, -0.2) is 4.98 Å². The van der Waals surface area contributed by atoms with E-state index in [0.29, 0.717) is 18.7 Å². The fourth-order valence-electron chi connectivity index (χ4n) is 3.54. The average molecular weight is 368 g/mol. The van der Waals surface area contributed by atoms with Crippen LogP contribution in [0.2, 0.25) is 0 Å². The Morgan fingerprint density at radius 1 is 1.15 bits per heavy atom. The van der Waals surface area contributed by atoms with Gasteiger partial charge < -0.3 is 15.2 Å². The number of Topliss-reactive ketones (excluding diaryl/α,β-unsaturated/α-hetero) is 1. The van der Waals surface area contributed by atoms with Gasteiger partial charge in [-0.3, -0.25) is 14.4 Å². The van der Waals surface area contributed by atoms with Crippen molar-refractivity contribution in [3.8, 4) is 0 Å². The summed E-state index contributed by atoms with van der Waals surface area (Å²) in [6, 6.07) is 9.03. The van der Waals surface area contributed by atoms with Crippen molar-refractivity contribution in [2.24, 2.45) is 5.73 Å². The highest BCUT2D eigenvalue weighted by molar-refractivity contribution is 5.97. The lowest BCUT2D eigenvalue weighted by Gasteiger charge is -2.32. The molecule has 2 N–H and O–H groups in total. The van der Waals surface area contributed by atoms with Gasteiger partial charge in [0.15, 0.2) is 5.78 Å². The molecule has 0 bridgehead atoms. The number of aromatic nitrogens is 2.